The Bertz CT molecular complexity index is 1510. The summed E-state index contributed by atoms with van der Waals surface area (Å²) in [5.74, 6) is 0.208. The molecule has 1 aliphatic heterocycles. The van der Waals surface area contributed by atoms with Gasteiger partial charge in [0.25, 0.3) is 5.91 Å². The van der Waals surface area contributed by atoms with Gasteiger partial charge in [-0.2, -0.15) is 0 Å². The number of hydrogen-bond acceptors (Lipinski definition) is 6. The number of fused-ring (bicyclic) bond motifs is 1. The highest BCUT2D eigenvalue weighted by Gasteiger charge is 2.27. The SMILES string of the molecule is CN(C)C/C=C/C(=O)Nc1ccc(C(=O)N2CC[C@@H](Nc3ncc(Cl)c(-c4c[nH]c5ccccc45)n3)C2)cc1. The van der Waals surface area contributed by atoms with Crippen molar-refractivity contribution in [3.05, 3.63) is 83.7 Å². The summed E-state index contributed by atoms with van der Waals surface area (Å²) in [7, 11) is 3.87. The number of aromatic amines is 1. The van der Waals surface area contributed by atoms with Crippen molar-refractivity contribution >= 4 is 46.0 Å². The molecule has 0 bridgehead atoms. The van der Waals surface area contributed by atoms with Gasteiger partial charge in [-0.05, 0) is 50.8 Å². The minimum Gasteiger partial charge on any atom is -0.360 e. The third-order valence-electron chi connectivity index (χ3n) is 6.54. The molecule has 0 saturated carbocycles. The molecule has 4 aromatic rings. The summed E-state index contributed by atoms with van der Waals surface area (Å²) in [5.41, 5.74) is 3.78. The summed E-state index contributed by atoms with van der Waals surface area (Å²) >= 11 is 6.46. The van der Waals surface area contributed by atoms with E-state index in [1.165, 1.54) is 6.08 Å². The lowest BCUT2D eigenvalue weighted by Crippen LogP contribution is -2.31. The van der Waals surface area contributed by atoms with E-state index in [1.807, 2.05) is 54.4 Å². The molecule has 39 heavy (non-hydrogen) atoms. The van der Waals surface area contributed by atoms with Crippen molar-refractivity contribution in [3.8, 4) is 11.3 Å². The summed E-state index contributed by atoms with van der Waals surface area (Å²) in [4.78, 5) is 41.3. The van der Waals surface area contributed by atoms with Crippen LogP contribution in [0.25, 0.3) is 22.2 Å². The molecular weight excluding hydrogens is 514 g/mol. The van der Waals surface area contributed by atoms with Gasteiger partial charge in [-0.1, -0.05) is 35.9 Å². The summed E-state index contributed by atoms with van der Waals surface area (Å²) in [6, 6.07) is 14.9. The van der Waals surface area contributed by atoms with Crippen molar-refractivity contribution in [2.75, 3.05) is 44.4 Å². The second-order valence-electron chi connectivity index (χ2n) is 9.75. The molecule has 200 valence electrons. The van der Waals surface area contributed by atoms with Crippen LogP contribution in [0.15, 0.2) is 73.1 Å². The molecule has 3 N–H and O–H groups in total. The minimum atomic E-state index is -0.207. The zero-order valence-electron chi connectivity index (χ0n) is 21.8. The number of aromatic nitrogens is 3. The Hall–Kier alpha value is -4.21. The van der Waals surface area contributed by atoms with Crippen molar-refractivity contribution in [2.24, 2.45) is 0 Å². The first-order chi connectivity index (χ1) is 18.9. The first-order valence-corrected chi connectivity index (χ1v) is 13.1. The van der Waals surface area contributed by atoms with Crippen LogP contribution in [0.3, 0.4) is 0 Å². The van der Waals surface area contributed by atoms with Gasteiger partial charge in [-0.25, -0.2) is 9.97 Å². The van der Waals surface area contributed by atoms with E-state index in [-0.39, 0.29) is 17.9 Å². The third kappa shape index (κ3) is 6.27. The monoisotopic (exact) mass is 543 g/mol. The van der Waals surface area contributed by atoms with Gasteiger partial charge in [0.15, 0.2) is 0 Å². The number of likely N-dealkylation sites (tertiary alicyclic amines) is 1. The number of carbonyl (C=O) groups is 2. The number of likely N-dealkylation sites (N-methyl/N-ethyl adjacent to an activating group) is 1. The summed E-state index contributed by atoms with van der Waals surface area (Å²) in [6.45, 7) is 1.83. The summed E-state index contributed by atoms with van der Waals surface area (Å²) in [5, 5.41) is 7.68. The maximum Gasteiger partial charge on any atom is 0.253 e. The highest BCUT2D eigenvalue weighted by Crippen LogP contribution is 2.32. The van der Waals surface area contributed by atoms with Crippen molar-refractivity contribution < 1.29 is 9.59 Å². The lowest BCUT2D eigenvalue weighted by Gasteiger charge is -2.18. The molecule has 5 rings (SSSR count). The zero-order valence-corrected chi connectivity index (χ0v) is 22.6. The van der Waals surface area contributed by atoms with Gasteiger partial charge in [0, 0.05) is 65.7 Å². The molecule has 2 aromatic carbocycles. The van der Waals surface area contributed by atoms with E-state index in [9.17, 15) is 9.59 Å². The van der Waals surface area contributed by atoms with Crippen LogP contribution in [0.2, 0.25) is 5.02 Å². The van der Waals surface area contributed by atoms with Crippen LogP contribution < -0.4 is 10.6 Å². The standard InChI is InChI=1S/C29H30ClN7O2/c1-36(2)14-5-8-26(38)33-20-11-9-19(10-12-20)28(39)37-15-13-21(18-37)34-29-32-17-24(30)27(35-29)23-16-31-25-7-4-3-6-22(23)25/h3-12,16-17,21,31H,13-15,18H2,1-2H3,(H,33,38)(H,32,34,35)/b8-5+/t21-/m1/s1. The highest BCUT2D eigenvalue weighted by atomic mass is 35.5. The number of nitrogens with one attached hydrogen (secondary N) is 3. The van der Waals surface area contributed by atoms with Crippen LogP contribution in [-0.4, -0.2) is 76.3 Å². The fraction of sp³-hybridized carbons (Fsp3) is 0.241. The van der Waals surface area contributed by atoms with Gasteiger partial charge in [-0.3, -0.25) is 9.59 Å². The lowest BCUT2D eigenvalue weighted by atomic mass is 10.1. The van der Waals surface area contributed by atoms with Crippen LogP contribution in [0.4, 0.5) is 11.6 Å². The normalized spacial score (nSPS) is 15.4. The van der Waals surface area contributed by atoms with Crippen molar-refractivity contribution in [3.63, 3.8) is 0 Å². The molecule has 0 radical (unpaired) electrons. The first kappa shape index (κ1) is 26.4. The molecule has 1 fully saturated rings. The molecule has 0 unspecified atom stereocenters. The van der Waals surface area contributed by atoms with Gasteiger partial charge in [0.05, 0.1) is 16.9 Å². The van der Waals surface area contributed by atoms with E-state index in [2.05, 4.69) is 20.6 Å². The summed E-state index contributed by atoms with van der Waals surface area (Å²) < 4.78 is 0. The van der Waals surface area contributed by atoms with Crippen LogP contribution in [0.5, 0.6) is 0 Å². The topological polar surface area (TPSA) is 106 Å². The molecule has 9 nitrogen and oxygen atoms in total. The fourth-order valence-electron chi connectivity index (χ4n) is 4.57. The lowest BCUT2D eigenvalue weighted by molar-refractivity contribution is -0.111. The van der Waals surface area contributed by atoms with E-state index < -0.39 is 0 Å². The molecule has 0 aliphatic carbocycles. The Morgan fingerprint density at radius 1 is 1.18 bits per heavy atom. The Kier molecular flexibility index (Phi) is 7.90. The number of carbonyl (C=O) groups excluding carboxylic acids is 2. The predicted molar refractivity (Wildman–Crippen MR) is 155 cm³/mol. The van der Waals surface area contributed by atoms with E-state index in [0.717, 1.165) is 22.9 Å². The van der Waals surface area contributed by atoms with Crippen molar-refractivity contribution in [1.82, 2.24) is 24.8 Å². The van der Waals surface area contributed by atoms with E-state index in [0.29, 0.717) is 47.6 Å². The second kappa shape index (κ2) is 11.7. The number of anilines is 2. The molecule has 0 spiro atoms. The molecule has 1 aliphatic rings. The number of rotatable bonds is 8. The molecule has 1 saturated heterocycles. The molecule has 2 amide bonds. The second-order valence-corrected chi connectivity index (χ2v) is 10.2. The quantitative estimate of drug-likeness (QED) is 0.279. The van der Waals surface area contributed by atoms with Crippen LogP contribution in [-0.2, 0) is 4.79 Å². The van der Waals surface area contributed by atoms with Crippen LogP contribution >= 0.6 is 11.6 Å². The van der Waals surface area contributed by atoms with E-state index in [4.69, 9.17) is 16.6 Å². The number of para-hydroxylation sites is 1. The number of nitrogens with zero attached hydrogens (tertiary/aromatic N) is 4. The van der Waals surface area contributed by atoms with Crippen LogP contribution in [0, 0.1) is 0 Å². The number of halogens is 1. The van der Waals surface area contributed by atoms with E-state index >= 15 is 0 Å². The summed E-state index contributed by atoms with van der Waals surface area (Å²) in [6.07, 6.45) is 7.57. The zero-order chi connectivity index (χ0) is 27.4. The van der Waals surface area contributed by atoms with Gasteiger partial charge < -0.3 is 25.4 Å². The number of H-pyrrole nitrogens is 1. The molecule has 2 aromatic heterocycles. The molecule has 1 atom stereocenters. The van der Waals surface area contributed by atoms with Crippen molar-refractivity contribution in [1.29, 1.82) is 0 Å². The van der Waals surface area contributed by atoms with Crippen LogP contribution in [0.1, 0.15) is 16.8 Å². The van der Waals surface area contributed by atoms with Gasteiger partial charge >= 0.3 is 0 Å². The van der Waals surface area contributed by atoms with Gasteiger partial charge in [0.2, 0.25) is 11.9 Å². The number of amides is 2. The minimum absolute atomic E-state index is 0.0125. The Balaban J connectivity index is 1.19. The molecule has 3 heterocycles. The number of hydrogen-bond donors (Lipinski definition) is 3. The Morgan fingerprint density at radius 2 is 1.97 bits per heavy atom. The third-order valence-corrected chi connectivity index (χ3v) is 6.81. The average molecular weight is 544 g/mol. The first-order valence-electron chi connectivity index (χ1n) is 12.7. The van der Waals surface area contributed by atoms with Gasteiger partial charge in [0.1, 0.15) is 0 Å². The largest absolute Gasteiger partial charge is 0.360 e. The Labute approximate surface area is 231 Å². The predicted octanol–water partition coefficient (Wildman–Crippen LogP) is 4.66. The maximum absolute atomic E-state index is 13.1. The molecular formula is C29H30ClN7O2. The highest BCUT2D eigenvalue weighted by molar-refractivity contribution is 6.33. The number of benzene rings is 2. The van der Waals surface area contributed by atoms with E-state index in [1.54, 1.807) is 36.5 Å². The smallest absolute Gasteiger partial charge is 0.253 e. The molecule has 10 heteroatoms. The Morgan fingerprint density at radius 3 is 2.77 bits per heavy atom. The average Bonchev–Trinajstić information content (AvgIpc) is 3.57. The fourth-order valence-corrected chi connectivity index (χ4v) is 4.76. The maximum atomic E-state index is 13.1. The van der Waals surface area contributed by atoms with Crippen molar-refractivity contribution in [2.45, 2.75) is 12.5 Å². The van der Waals surface area contributed by atoms with Gasteiger partial charge in [-0.15, -0.1) is 0 Å².